The van der Waals surface area contributed by atoms with Gasteiger partial charge in [-0.05, 0) is 30.9 Å². The van der Waals surface area contributed by atoms with E-state index in [0.717, 1.165) is 6.42 Å². The Labute approximate surface area is 81.2 Å². The molecule has 1 heteroatoms. The Morgan fingerprint density at radius 1 is 1.15 bits per heavy atom. The predicted molar refractivity (Wildman–Crippen MR) is 56.8 cm³/mol. The van der Waals surface area contributed by atoms with Crippen LogP contribution in [0.4, 0.5) is 0 Å². The molecule has 0 amide bonds. The van der Waals surface area contributed by atoms with Crippen molar-refractivity contribution in [1.29, 1.82) is 0 Å². The third-order valence-corrected chi connectivity index (χ3v) is 2.32. The van der Waals surface area contributed by atoms with E-state index in [4.69, 9.17) is 0 Å². The van der Waals surface area contributed by atoms with Crippen LogP contribution in [0.25, 0.3) is 0 Å². The Balaban J connectivity index is 2.40. The van der Waals surface area contributed by atoms with E-state index in [1.807, 2.05) is 6.20 Å². The molecular formula is C12H19N. The minimum absolute atomic E-state index is 1.04. The normalized spacial score (nSPS) is 10.3. The van der Waals surface area contributed by atoms with Gasteiger partial charge in [0, 0.05) is 11.9 Å². The van der Waals surface area contributed by atoms with E-state index in [1.54, 1.807) is 0 Å². The quantitative estimate of drug-likeness (QED) is 0.628. The maximum Gasteiger partial charge on any atom is 0.0401 e. The number of aromatic nitrogens is 1. The topological polar surface area (TPSA) is 12.9 Å². The first kappa shape index (κ1) is 10.2. The highest BCUT2D eigenvalue weighted by molar-refractivity contribution is 5.13. The highest BCUT2D eigenvalue weighted by Crippen LogP contribution is 2.06. The summed E-state index contributed by atoms with van der Waals surface area (Å²) in [5.41, 5.74) is 2.57. The van der Waals surface area contributed by atoms with Crippen LogP contribution in [0.3, 0.4) is 0 Å². The van der Waals surface area contributed by atoms with Gasteiger partial charge in [-0.2, -0.15) is 0 Å². The van der Waals surface area contributed by atoms with Gasteiger partial charge in [-0.15, -0.1) is 0 Å². The van der Waals surface area contributed by atoms with Crippen LogP contribution < -0.4 is 0 Å². The van der Waals surface area contributed by atoms with E-state index >= 15 is 0 Å². The Kier molecular flexibility index (Phi) is 4.52. The van der Waals surface area contributed by atoms with Crippen LogP contribution in [0.5, 0.6) is 0 Å². The van der Waals surface area contributed by atoms with Crippen LogP contribution in [0, 0.1) is 0 Å². The number of rotatable bonds is 5. The summed E-state index contributed by atoms with van der Waals surface area (Å²) in [6, 6.07) is 4.35. The number of hydrogen-bond donors (Lipinski definition) is 0. The summed E-state index contributed by atoms with van der Waals surface area (Å²) in [4.78, 5) is 4.38. The van der Waals surface area contributed by atoms with Gasteiger partial charge in [0.1, 0.15) is 0 Å². The van der Waals surface area contributed by atoms with Gasteiger partial charge in [-0.1, -0.05) is 32.8 Å². The van der Waals surface area contributed by atoms with Crippen LogP contribution in [0.15, 0.2) is 18.3 Å². The van der Waals surface area contributed by atoms with E-state index in [0.29, 0.717) is 0 Å². The van der Waals surface area contributed by atoms with Crippen molar-refractivity contribution in [2.75, 3.05) is 0 Å². The molecule has 13 heavy (non-hydrogen) atoms. The van der Waals surface area contributed by atoms with Crippen molar-refractivity contribution in [3.63, 3.8) is 0 Å². The minimum atomic E-state index is 1.04. The van der Waals surface area contributed by atoms with Crippen molar-refractivity contribution >= 4 is 0 Å². The molecule has 0 N–H and O–H groups in total. The lowest BCUT2D eigenvalue weighted by Gasteiger charge is -2.00. The van der Waals surface area contributed by atoms with Gasteiger partial charge in [0.2, 0.25) is 0 Å². The van der Waals surface area contributed by atoms with Gasteiger partial charge in [0.15, 0.2) is 0 Å². The second-order valence-corrected chi connectivity index (χ2v) is 3.47. The number of unbranched alkanes of at least 4 members (excludes halogenated alkanes) is 2. The van der Waals surface area contributed by atoms with E-state index < -0.39 is 0 Å². The molecule has 0 aliphatic heterocycles. The molecule has 0 saturated heterocycles. The number of nitrogens with zero attached hydrogens (tertiary/aromatic N) is 1. The minimum Gasteiger partial charge on any atom is -0.261 e. The van der Waals surface area contributed by atoms with Crippen LogP contribution in [-0.4, -0.2) is 4.98 Å². The molecule has 1 heterocycles. The van der Waals surface area contributed by atoms with Gasteiger partial charge in [0.05, 0.1) is 0 Å². The lowest BCUT2D eigenvalue weighted by atomic mass is 10.1. The molecule has 1 aromatic heterocycles. The van der Waals surface area contributed by atoms with Crippen molar-refractivity contribution < 1.29 is 0 Å². The molecule has 72 valence electrons. The molecule has 0 atom stereocenters. The highest BCUT2D eigenvalue weighted by atomic mass is 14.7. The van der Waals surface area contributed by atoms with Crippen LogP contribution in [0.2, 0.25) is 0 Å². The zero-order valence-electron chi connectivity index (χ0n) is 8.71. The fourth-order valence-electron chi connectivity index (χ4n) is 1.39. The maximum absolute atomic E-state index is 4.38. The summed E-state index contributed by atoms with van der Waals surface area (Å²) >= 11 is 0. The molecule has 0 fully saturated rings. The lowest BCUT2D eigenvalue weighted by molar-refractivity contribution is 0.715. The standard InChI is InChI=1S/C12H19N/c1-3-5-6-7-11-8-9-12(4-2)13-10-11/h8-10H,3-7H2,1-2H3. The zero-order chi connectivity index (χ0) is 9.52. The smallest absolute Gasteiger partial charge is 0.0401 e. The lowest BCUT2D eigenvalue weighted by Crippen LogP contribution is -1.90. The summed E-state index contributed by atoms with van der Waals surface area (Å²) in [5, 5.41) is 0. The molecule has 0 aliphatic carbocycles. The van der Waals surface area contributed by atoms with Crippen molar-refractivity contribution in [1.82, 2.24) is 4.98 Å². The Morgan fingerprint density at radius 2 is 2.00 bits per heavy atom. The molecule has 0 spiro atoms. The maximum atomic E-state index is 4.38. The van der Waals surface area contributed by atoms with Gasteiger partial charge in [0.25, 0.3) is 0 Å². The average Bonchev–Trinajstić information content (AvgIpc) is 2.19. The number of pyridine rings is 1. The number of aryl methyl sites for hydroxylation is 2. The fraction of sp³-hybridized carbons (Fsp3) is 0.583. The van der Waals surface area contributed by atoms with Gasteiger partial charge >= 0.3 is 0 Å². The summed E-state index contributed by atoms with van der Waals surface area (Å²) in [6.07, 6.45) is 8.16. The average molecular weight is 177 g/mol. The molecule has 0 unspecified atom stereocenters. The molecule has 1 rings (SSSR count). The Bertz CT molecular complexity index is 225. The van der Waals surface area contributed by atoms with Crippen LogP contribution >= 0.6 is 0 Å². The van der Waals surface area contributed by atoms with E-state index in [9.17, 15) is 0 Å². The first-order valence-electron chi connectivity index (χ1n) is 5.30. The van der Waals surface area contributed by atoms with Crippen molar-refractivity contribution in [2.24, 2.45) is 0 Å². The fourth-order valence-corrected chi connectivity index (χ4v) is 1.39. The monoisotopic (exact) mass is 177 g/mol. The molecule has 1 aromatic rings. The predicted octanol–water partition coefficient (Wildman–Crippen LogP) is 3.38. The van der Waals surface area contributed by atoms with Gasteiger partial charge < -0.3 is 0 Å². The van der Waals surface area contributed by atoms with Crippen molar-refractivity contribution in [3.05, 3.63) is 29.6 Å². The molecule has 0 radical (unpaired) electrons. The molecule has 0 saturated carbocycles. The largest absolute Gasteiger partial charge is 0.261 e. The van der Waals surface area contributed by atoms with E-state index in [-0.39, 0.29) is 0 Å². The van der Waals surface area contributed by atoms with Crippen molar-refractivity contribution in [3.8, 4) is 0 Å². The third-order valence-electron chi connectivity index (χ3n) is 2.32. The summed E-state index contributed by atoms with van der Waals surface area (Å²) in [6.45, 7) is 4.37. The van der Waals surface area contributed by atoms with Gasteiger partial charge in [-0.25, -0.2) is 0 Å². The van der Waals surface area contributed by atoms with Crippen LogP contribution in [-0.2, 0) is 12.8 Å². The SMILES string of the molecule is CCCCCc1ccc(CC)nc1. The highest BCUT2D eigenvalue weighted by Gasteiger charge is 1.94. The first-order chi connectivity index (χ1) is 6.36. The van der Waals surface area contributed by atoms with E-state index in [2.05, 4.69) is 31.0 Å². The van der Waals surface area contributed by atoms with Crippen molar-refractivity contribution in [2.45, 2.75) is 46.0 Å². The molecule has 0 aliphatic rings. The molecule has 1 nitrogen and oxygen atoms in total. The number of hydrogen-bond acceptors (Lipinski definition) is 1. The summed E-state index contributed by atoms with van der Waals surface area (Å²) in [7, 11) is 0. The van der Waals surface area contributed by atoms with E-state index in [1.165, 1.54) is 36.9 Å². The first-order valence-corrected chi connectivity index (χ1v) is 5.30. The summed E-state index contributed by atoms with van der Waals surface area (Å²) in [5.74, 6) is 0. The van der Waals surface area contributed by atoms with Crippen LogP contribution in [0.1, 0.15) is 44.4 Å². The molecule has 0 bridgehead atoms. The van der Waals surface area contributed by atoms with Gasteiger partial charge in [-0.3, -0.25) is 4.98 Å². The Morgan fingerprint density at radius 3 is 2.54 bits per heavy atom. The second kappa shape index (κ2) is 5.74. The zero-order valence-corrected chi connectivity index (χ0v) is 8.71. The summed E-state index contributed by atoms with van der Waals surface area (Å²) < 4.78 is 0. The molecule has 0 aromatic carbocycles. The second-order valence-electron chi connectivity index (χ2n) is 3.47. The molecular weight excluding hydrogens is 158 g/mol. The third kappa shape index (κ3) is 3.58. The Hall–Kier alpha value is -0.850.